The van der Waals surface area contributed by atoms with E-state index in [9.17, 15) is 14.7 Å². The van der Waals surface area contributed by atoms with Gasteiger partial charge < -0.3 is 14.5 Å². The Morgan fingerprint density at radius 2 is 2.08 bits per heavy atom. The van der Waals surface area contributed by atoms with E-state index in [1.54, 1.807) is 6.07 Å². The summed E-state index contributed by atoms with van der Waals surface area (Å²) in [5.41, 5.74) is 0.383. The zero-order chi connectivity index (χ0) is 18.9. The van der Waals surface area contributed by atoms with Crippen LogP contribution in [0.3, 0.4) is 0 Å². The molecule has 26 heavy (non-hydrogen) atoms. The van der Waals surface area contributed by atoms with E-state index in [2.05, 4.69) is 17.0 Å². The fraction of sp³-hybridized carbons (Fsp3) is 0.737. The van der Waals surface area contributed by atoms with Crippen molar-refractivity contribution in [1.29, 1.82) is 0 Å². The predicted octanol–water partition coefficient (Wildman–Crippen LogP) is 2.59. The van der Waals surface area contributed by atoms with Gasteiger partial charge in [-0.3, -0.25) is 14.5 Å². The minimum Gasteiger partial charge on any atom is -0.480 e. The number of likely N-dealkylation sites (tertiary alicyclic amines) is 2. The first kappa shape index (κ1) is 18.9. The van der Waals surface area contributed by atoms with Gasteiger partial charge in [0.15, 0.2) is 5.69 Å². The quantitative estimate of drug-likeness (QED) is 0.865. The molecule has 1 N–H and O–H groups in total. The maximum atomic E-state index is 12.7. The molecule has 1 aromatic heterocycles. The minimum absolute atomic E-state index is 0.0158. The summed E-state index contributed by atoms with van der Waals surface area (Å²) >= 11 is 0. The molecule has 7 heteroatoms. The molecule has 3 rings (SSSR count). The van der Waals surface area contributed by atoms with Crippen molar-refractivity contribution in [2.45, 2.75) is 58.4 Å². The van der Waals surface area contributed by atoms with Crippen LogP contribution in [0.5, 0.6) is 0 Å². The van der Waals surface area contributed by atoms with Crippen molar-refractivity contribution in [3.05, 3.63) is 17.5 Å². The van der Waals surface area contributed by atoms with Crippen LogP contribution < -0.4 is 0 Å². The summed E-state index contributed by atoms with van der Waals surface area (Å²) in [4.78, 5) is 28.2. The van der Waals surface area contributed by atoms with E-state index in [4.69, 9.17) is 4.52 Å². The van der Waals surface area contributed by atoms with Crippen LogP contribution in [0.1, 0.15) is 68.6 Å². The van der Waals surface area contributed by atoms with Crippen LogP contribution in [-0.2, 0) is 4.79 Å². The Hall–Kier alpha value is -1.89. The molecule has 2 aliphatic heterocycles. The number of nitrogens with zero attached hydrogens (tertiary/aromatic N) is 3. The first-order chi connectivity index (χ1) is 12.3. The third-order valence-electron chi connectivity index (χ3n) is 5.83. The van der Waals surface area contributed by atoms with Crippen LogP contribution in [0.4, 0.5) is 0 Å². The largest absolute Gasteiger partial charge is 0.480 e. The summed E-state index contributed by atoms with van der Waals surface area (Å²) in [5.74, 6) is 0.105. The summed E-state index contributed by atoms with van der Waals surface area (Å²) in [6, 6.07) is 1.34. The van der Waals surface area contributed by atoms with Gasteiger partial charge in [-0.15, -0.1) is 0 Å². The number of carbonyl (C=O) groups is 2. The van der Waals surface area contributed by atoms with E-state index in [1.807, 2.05) is 18.7 Å². The first-order valence-electron chi connectivity index (χ1n) is 9.58. The van der Waals surface area contributed by atoms with E-state index in [0.717, 1.165) is 38.1 Å². The Kier molecular flexibility index (Phi) is 5.37. The van der Waals surface area contributed by atoms with E-state index in [1.165, 1.54) is 0 Å². The van der Waals surface area contributed by atoms with Crippen molar-refractivity contribution >= 4 is 11.9 Å². The summed E-state index contributed by atoms with van der Waals surface area (Å²) in [6.45, 7) is 9.01. The molecule has 1 spiro atoms. The van der Waals surface area contributed by atoms with E-state index in [-0.39, 0.29) is 23.3 Å². The molecule has 0 unspecified atom stereocenters. The Labute approximate surface area is 154 Å². The highest BCUT2D eigenvalue weighted by molar-refractivity contribution is 5.92. The fourth-order valence-electron chi connectivity index (χ4n) is 4.28. The highest BCUT2D eigenvalue weighted by atomic mass is 16.5. The number of piperidine rings is 1. The second-order valence-corrected chi connectivity index (χ2v) is 8.09. The average molecular weight is 363 g/mol. The smallest absolute Gasteiger partial charge is 0.320 e. The molecule has 0 radical (unpaired) electrons. The van der Waals surface area contributed by atoms with Crippen molar-refractivity contribution in [2.24, 2.45) is 5.41 Å². The lowest BCUT2D eigenvalue weighted by Crippen LogP contribution is -2.44. The Morgan fingerprint density at radius 3 is 2.62 bits per heavy atom. The average Bonchev–Trinajstić information content (AvgIpc) is 3.21. The minimum atomic E-state index is -0.724. The van der Waals surface area contributed by atoms with E-state index < -0.39 is 5.97 Å². The number of carboxylic acid groups (broad SMARTS) is 1. The standard InChI is InChI=1S/C19H29N3O4/c1-4-7-22-12-19(11-15(22)18(24)25)5-8-21(9-6-19)17(23)14-10-16(13(2)3)26-20-14/h10,13,15H,4-9,11-12H2,1-3H3,(H,24,25)/t15-/m0/s1. The molecule has 144 valence electrons. The lowest BCUT2D eigenvalue weighted by atomic mass is 9.76. The van der Waals surface area contributed by atoms with Gasteiger partial charge in [-0.1, -0.05) is 25.9 Å². The second-order valence-electron chi connectivity index (χ2n) is 8.09. The molecule has 1 aromatic rings. The van der Waals surface area contributed by atoms with Gasteiger partial charge in [0.25, 0.3) is 5.91 Å². The van der Waals surface area contributed by atoms with Gasteiger partial charge in [0.05, 0.1) is 0 Å². The van der Waals surface area contributed by atoms with Gasteiger partial charge in [0.2, 0.25) is 0 Å². The molecule has 0 aliphatic carbocycles. The number of carbonyl (C=O) groups excluding carboxylic acids is 1. The first-order valence-corrected chi connectivity index (χ1v) is 9.58. The summed E-state index contributed by atoms with van der Waals surface area (Å²) < 4.78 is 5.24. The van der Waals surface area contributed by atoms with Crippen molar-refractivity contribution in [2.75, 3.05) is 26.2 Å². The predicted molar refractivity (Wildman–Crippen MR) is 96.1 cm³/mol. The highest BCUT2D eigenvalue weighted by Gasteiger charge is 2.48. The second kappa shape index (κ2) is 7.39. The number of amides is 1. The van der Waals surface area contributed by atoms with Gasteiger partial charge in [0, 0.05) is 31.6 Å². The van der Waals surface area contributed by atoms with Gasteiger partial charge >= 0.3 is 5.97 Å². The molecule has 3 heterocycles. The zero-order valence-electron chi connectivity index (χ0n) is 15.9. The number of aliphatic carboxylic acids is 1. The molecule has 0 aromatic carbocycles. The maximum Gasteiger partial charge on any atom is 0.320 e. The molecule has 2 saturated heterocycles. The highest BCUT2D eigenvalue weighted by Crippen LogP contribution is 2.43. The number of hydrogen-bond acceptors (Lipinski definition) is 5. The van der Waals surface area contributed by atoms with Crippen LogP contribution in [0, 0.1) is 5.41 Å². The summed E-state index contributed by atoms with van der Waals surface area (Å²) in [6.07, 6.45) is 3.33. The lowest BCUT2D eigenvalue weighted by Gasteiger charge is -2.39. The van der Waals surface area contributed by atoms with Crippen molar-refractivity contribution in [3.63, 3.8) is 0 Å². The number of aromatic nitrogens is 1. The Bertz CT molecular complexity index is 661. The van der Waals surface area contributed by atoms with Crippen LogP contribution in [-0.4, -0.2) is 64.2 Å². The number of carboxylic acids is 1. The lowest BCUT2D eigenvalue weighted by molar-refractivity contribution is -0.142. The van der Waals surface area contributed by atoms with Crippen LogP contribution in [0.25, 0.3) is 0 Å². The van der Waals surface area contributed by atoms with Crippen LogP contribution >= 0.6 is 0 Å². The van der Waals surface area contributed by atoms with Crippen molar-refractivity contribution in [1.82, 2.24) is 15.0 Å². The molecular formula is C19H29N3O4. The van der Waals surface area contributed by atoms with E-state index >= 15 is 0 Å². The fourth-order valence-corrected chi connectivity index (χ4v) is 4.28. The van der Waals surface area contributed by atoms with Crippen molar-refractivity contribution < 1.29 is 19.2 Å². The third kappa shape index (κ3) is 3.63. The molecule has 1 amide bonds. The van der Waals surface area contributed by atoms with Gasteiger partial charge in [-0.25, -0.2) is 0 Å². The Morgan fingerprint density at radius 1 is 1.38 bits per heavy atom. The van der Waals surface area contributed by atoms with Crippen LogP contribution in [0.2, 0.25) is 0 Å². The van der Waals surface area contributed by atoms with E-state index in [0.29, 0.717) is 25.2 Å². The SMILES string of the molecule is CCCN1CC2(CCN(C(=O)c3cc(C(C)C)on3)CC2)C[C@H]1C(=O)O. The van der Waals surface area contributed by atoms with Gasteiger partial charge in [-0.2, -0.15) is 0 Å². The van der Waals surface area contributed by atoms with Crippen molar-refractivity contribution in [3.8, 4) is 0 Å². The number of hydrogen-bond donors (Lipinski definition) is 1. The summed E-state index contributed by atoms with van der Waals surface area (Å²) in [7, 11) is 0. The molecule has 7 nitrogen and oxygen atoms in total. The molecule has 1 atom stereocenters. The molecule has 0 saturated carbocycles. The molecule has 2 aliphatic rings. The normalized spacial score (nSPS) is 23.1. The van der Waals surface area contributed by atoms with Gasteiger partial charge in [-0.05, 0) is 37.6 Å². The van der Waals surface area contributed by atoms with Gasteiger partial charge in [0.1, 0.15) is 11.8 Å². The maximum absolute atomic E-state index is 12.7. The number of rotatable bonds is 5. The zero-order valence-corrected chi connectivity index (χ0v) is 15.9. The summed E-state index contributed by atoms with van der Waals surface area (Å²) in [5, 5.41) is 13.5. The third-order valence-corrected chi connectivity index (χ3v) is 5.83. The monoisotopic (exact) mass is 363 g/mol. The molecular weight excluding hydrogens is 334 g/mol. The Balaban J connectivity index is 1.63. The topological polar surface area (TPSA) is 86.9 Å². The van der Waals surface area contributed by atoms with Crippen LogP contribution in [0.15, 0.2) is 10.6 Å². The molecule has 0 bridgehead atoms. The molecule has 2 fully saturated rings.